The molecule has 0 bridgehead atoms. The van der Waals surface area contributed by atoms with Gasteiger partial charge in [0.05, 0.1) is 6.10 Å². The van der Waals surface area contributed by atoms with E-state index in [9.17, 15) is 24.3 Å². The van der Waals surface area contributed by atoms with Crippen LogP contribution in [-0.4, -0.2) is 47.4 Å². The highest BCUT2D eigenvalue weighted by Crippen LogP contribution is 2.35. The Balaban J connectivity index is 3.25. The zero-order chi connectivity index (χ0) is 28.7. The molecule has 0 aliphatic rings. The molecule has 0 aliphatic heterocycles. The maximum Gasteiger partial charge on any atom is 0.508 e. The van der Waals surface area contributed by atoms with Crippen molar-refractivity contribution in [2.75, 3.05) is 0 Å². The van der Waals surface area contributed by atoms with Crippen molar-refractivity contribution in [2.24, 2.45) is 5.73 Å². The summed E-state index contributed by atoms with van der Waals surface area (Å²) >= 11 is 0. The predicted octanol–water partition coefficient (Wildman–Crippen LogP) is 5.49. The van der Waals surface area contributed by atoms with Gasteiger partial charge in [-0.05, 0) is 57.7 Å². The Hall–Kier alpha value is -3.14. The second-order valence-corrected chi connectivity index (χ2v) is 9.62. The van der Waals surface area contributed by atoms with Gasteiger partial charge in [0.25, 0.3) is 0 Å². The minimum atomic E-state index is -1.35. The largest absolute Gasteiger partial charge is 0.508 e. The predicted molar refractivity (Wildman–Crippen MR) is 141 cm³/mol. The van der Waals surface area contributed by atoms with E-state index < -0.39 is 42.1 Å². The molecule has 0 spiro atoms. The molecular weight excluding hydrogens is 494 g/mol. The van der Waals surface area contributed by atoms with Crippen LogP contribution in [0.1, 0.15) is 104 Å². The lowest BCUT2D eigenvalue weighted by atomic mass is 9.87. The average Bonchev–Trinajstić information content (AvgIpc) is 2.83. The Kier molecular flexibility index (Phi) is 15.0. The quantitative estimate of drug-likeness (QED) is 0.148. The van der Waals surface area contributed by atoms with Crippen molar-refractivity contribution in [1.29, 1.82) is 0 Å². The van der Waals surface area contributed by atoms with E-state index in [0.717, 1.165) is 25.7 Å². The van der Waals surface area contributed by atoms with Crippen LogP contribution in [0.15, 0.2) is 18.2 Å². The van der Waals surface area contributed by atoms with Crippen LogP contribution in [0.25, 0.3) is 0 Å². The van der Waals surface area contributed by atoms with Crippen molar-refractivity contribution >= 4 is 24.1 Å². The van der Waals surface area contributed by atoms with Gasteiger partial charge in [0.2, 0.25) is 0 Å². The molecule has 1 aromatic rings. The lowest BCUT2D eigenvalue weighted by molar-refractivity contribution is -0.139. The molecule has 0 amide bonds. The minimum absolute atomic E-state index is 0.00298. The summed E-state index contributed by atoms with van der Waals surface area (Å²) in [5.74, 6) is -2.96. The molecule has 1 rings (SSSR count). The molecule has 0 radical (unpaired) electrons. The number of hydrogen-bond acceptors (Lipinski definition) is 9. The van der Waals surface area contributed by atoms with Crippen LogP contribution in [0.4, 0.5) is 4.79 Å². The number of hydrogen-bond donors (Lipinski definition) is 2. The number of carbonyl (C=O) groups is 4. The van der Waals surface area contributed by atoms with Gasteiger partial charge in [0.1, 0.15) is 12.1 Å². The molecule has 0 saturated heterocycles. The van der Waals surface area contributed by atoms with Gasteiger partial charge < -0.3 is 29.8 Å². The number of aliphatic carboxylic acids is 1. The Morgan fingerprint density at radius 3 is 1.89 bits per heavy atom. The van der Waals surface area contributed by atoms with Gasteiger partial charge in [-0.15, -0.1) is 0 Å². The molecule has 1 aromatic carbocycles. The summed E-state index contributed by atoms with van der Waals surface area (Å²) in [5, 5.41) is 9.63. The molecule has 0 aromatic heterocycles. The van der Waals surface area contributed by atoms with E-state index in [0.29, 0.717) is 18.4 Å². The van der Waals surface area contributed by atoms with Crippen LogP contribution in [0.3, 0.4) is 0 Å². The first kappa shape index (κ1) is 32.9. The number of carbonyl (C=O) groups excluding carboxylic acids is 3. The van der Waals surface area contributed by atoms with E-state index in [-0.39, 0.29) is 36.9 Å². The Labute approximate surface area is 225 Å². The summed E-state index contributed by atoms with van der Waals surface area (Å²) in [6, 6.07) is 3.13. The van der Waals surface area contributed by atoms with Gasteiger partial charge in [-0.3, -0.25) is 14.4 Å². The van der Waals surface area contributed by atoms with Crippen LogP contribution in [0.5, 0.6) is 11.5 Å². The molecule has 0 heterocycles. The van der Waals surface area contributed by atoms with Gasteiger partial charge in [-0.25, -0.2) is 4.79 Å². The zero-order valence-electron chi connectivity index (χ0n) is 23.2. The first-order chi connectivity index (χ1) is 18.0. The number of rotatable bonds is 17. The summed E-state index contributed by atoms with van der Waals surface area (Å²) in [6.07, 6.45) is 3.43. The third-order valence-electron chi connectivity index (χ3n) is 5.75. The number of ether oxygens (including phenoxy) is 4. The van der Waals surface area contributed by atoms with Gasteiger partial charge in [-0.2, -0.15) is 0 Å². The monoisotopic (exact) mass is 537 g/mol. The molecule has 0 saturated carbocycles. The van der Waals surface area contributed by atoms with Gasteiger partial charge in [-0.1, -0.05) is 45.6 Å². The highest BCUT2D eigenvalue weighted by Gasteiger charge is 2.30. The molecule has 2 unspecified atom stereocenters. The van der Waals surface area contributed by atoms with E-state index >= 15 is 0 Å². The number of benzene rings is 1. The van der Waals surface area contributed by atoms with Crippen LogP contribution < -0.4 is 15.2 Å². The summed E-state index contributed by atoms with van der Waals surface area (Å²) in [6.45, 7) is 9.00. The molecule has 10 heteroatoms. The third kappa shape index (κ3) is 12.4. The summed E-state index contributed by atoms with van der Waals surface area (Å²) in [5.41, 5.74) is 6.43. The SMILES string of the molecule is CCCCCC(=O)Oc1ccc(C(CC(C)OC(=O)OC(C)C)[C@H](N)C(=O)O)cc1OC(=O)CCCCC. The van der Waals surface area contributed by atoms with Crippen LogP contribution in [0, 0.1) is 0 Å². The fourth-order valence-corrected chi connectivity index (χ4v) is 3.76. The smallest absolute Gasteiger partial charge is 0.480 e. The van der Waals surface area contributed by atoms with Crippen LogP contribution in [-0.2, 0) is 23.9 Å². The maximum atomic E-state index is 12.5. The van der Waals surface area contributed by atoms with E-state index in [1.165, 1.54) is 12.1 Å². The molecule has 3 N–H and O–H groups in total. The Bertz CT molecular complexity index is 916. The van der Waals surface area contributed by atoms with Crippen LogP contribution in [0.2, 0.25) is 0 Å². The fraction of sp³-hybridized carbons (Fsp3) is 0.643. The lowest BCUT2D eigenvalue weighted by Gasteiger charge is -2.25. The standard InChI is InChI=1S/C28H43NO9/c1-6-8-10-12-24(30)37-22-15-14-20(17-23(22)38-25(31)13-11-9-7-2)21(26(29)27(32)33)16-19(5)36-28(34)35-18(3)4/h14-15,17-19,21,26H,6-13,16,29H2,1-5H3,(H,32,33)/t19?,21?,26-/m0/s1. The van der Waals surface area contributed by atoms with Crippen molar-refractivity contribution in [1.82, 2.24) is 0 Å². The van der Waals surface area contributed by atoms with Crippen molar-refractivity contribution < 1.29 is 43.2 Å². The van der Waals surface area contributed by atoms with E-state index in [2.05, 4.69) is 0 Å². The van der Waals surface area contributed by atoms with E-state index in [4.69, 9.17) is 24.7 Å². The number of carboxylic acid groups (broad SMARTS) is 1. The summed E-state index contributed by atoms with van der Waals surface area (Å²) < 4.78 is 21.3. The Morgan fingerprint density at radius 1 is 0.842 bits per heavy atom. The molecule has 3 atom stereocenters. The van der Waals surface area contributed by atoms with E-state index in [1.54, 1.807) is 26.8 Å². The highest BCUT2D eigenvalue weighted by molar-refractivity contribution is 5.77. The molecule has 10 nitrogen and oxygen atoms in total. The second-order valence-electron chi connectivity index (χ2n) is 9.62. The highest BCUT2D eigenvalue weighted by atomic mass is 16.7. The van der Waals surface area contributed by atoms with Crippen molar-refractivity contribution in [3.8, 4) is 11.5 Å². The summed E-state index contributed by atoms with van der Waals surface area (Å²) in [4.78, 5) is 48.6. The second kappa shape index (κ2) is 17.4. The van der Waals surface area contributed by atoms with Gasteiger partial charge in [0.15, 0.2) is 11.5 Å². The topological polar surface area (TPSA) is 151 Å². The third-order valence-corrected chi connectivity index (χ3v) is 5.75. The van der Waals surface area contributed by atoms with Crippen molar-refractivity contribution in [2.45, 2.75) is 117 Å². The van der Waals surface area contributed by atoms with Gasteiger partial charge >= 0.3 is 24.1 Å². The first-order valence-electron chi connectivity index (χ1n) is 13.4. The molecule has 214 valence electrons. The fourth-order valence-electron chi connectivity index (χ4n) is 3.76. The molecule has 0 fully saturated rings. The van der Waals surface area contributed by atoms with Crippen molar-refractivity contribution in [3.63, 3.8) is 0 Å². The van der Waals surface area contributed by atoms with Crippen molar-refractivity contribution in [3.05, 3.63) is 23.8 Å². The van der Waals surface area contributed by atoms with E-state index in [1.807, 2.05) is 13.8 Å². The maximum absolute atomic E-state index is 12.5. The molecular formula is C28H43NO9. The molecule has 0 aliphatic carbocycles. The normalized spacial score (nSPS) is 13.3. The summed E-state index contributed by atoms with van der Waals surface area (Å²) in [7, 11) is 0. The number of unbranched alkanes of at least 4 members (excludes halogenated alkanes) is 4. The van der Waals surface area contributed by atoms with Gasteiger partial charge in [0, 0.05) is 18.8 Å². The number of esters is 2. The molecule has 38 heavy (non-hydrogen) atoms. The number of nitrogens with two attached hydrogens (primary N) is 1. The minimum Gasteiger partial charge on any atom is -0.480 e. The van der Waals surface area contributed by atoms with Crippen LogP contribution >= 0.6 is 0 Å². The Morgan fingerprint density at radius 2 is 1.39 bits per heavy atom. The number of carboxylic acids is 1. The zero-order valence-corrected chi connectivity index (χ0v) is 23.2. The first-order valence-corrected chi connectivity index (χ1v) is 13.4. The average molecular weight is 538 g/mol. The lowest BCUT2D eigenvalue weighted by Crippen LogP contribution is -2.38.